The van der Waals surface area contributed by atoms with E-state index in [2.05, 4.69) is 5.32 Å². The molecule has 39 heavy (non-hydrogen) atoms. The van der Waals surface area contributed by atoms with Crippen molar-refractivity contribution >= 4 is 38.3 Å². The maximum absolute atomic E-state index is 13.4. The van der Waals surface area contributed by atoms with Crippen LogP contribution >= 0.6 is 0 Å². The smallest absolute Gasteiger partial charge is 0.344 e. The monoisotopic (exact) mass is 548 g/mol. The van der Waals surface area contributed by atoms with Crippen LogP contribution in [0, 0.1) is 5.41 Å². The lowest BCUT2D eigenvalue weighted by molar-refractivity contribution is -0.140. The van der Waals surface area contributed by atoms with Gasteiger partial charge in [-0.25, -0.2) is 13.2 Å². The zero-order chi connectivity index (χ0) is 27.5. The van der Waals surface area contributed by atoms with E-state index in [0.29, 0.717) is 16.5 Å². The predicted molar refractivity (Wildman–Crippen MR) is 149 cm³/mol. The molecule has 0 saturated carbocycles. The van der Waals surface area contributed by atoms with Gasteiger partial charge >= 0.3 is 5.97 Å². The minimum Gasteiger partial charge on any atom is -0.479 e. The van der Waals surface area contributed by atoms with Crippen LogP contribution in [0.2, 0.25) is 0 Å². The minimum atomic E-state index is -4.45. The molecule has 4 aromatic carbocycles. The molecular weight excluding hydrogens is 520 g/mol. The summed E-state index contributed by atoms with van der Waals surface area (Å²) < 4.78 is 26.9. The van der Waals surface area contributed by atoms with Crippen LogP contribution in [0.5, 0.6) is 0 Å². The Morgan fingerprint density at radius 1 is 0.846 bits per heavy atom. The standard InChI is InChI=1S/C28H26N4O5S.H2O/c29-25(30)20-14-12-18(13-15-20)16-32-26(33)23-10-4-9-22-21(23)8-5-11-24(22)28(31,27(34)35)38(36,37)17-19-6-2-1-3-7-19;/h1-15H,16-17,31H2,(H3,29,30)(H,32,33)(H,34,35);1H2. The molecule has 1 amide bonds. The second-order valence-electron chi connectivity index (χ2n) is 8.79. The van der Waals surface area contributed by atoms with Gasteiger partial charge in [-0.1, -0.05) is 84.9 Å². The minimum absolute atomic E-state index is 0. The molecule has 0 spiro atoms. The molecule has 0 aromatic heterocycles. The van der Waals surface area contributed by atoms with Crippen molar-refractivity contribution < 1.29 is 28.6 Å². The molecule has 4 rings (SSSR count). The molecule has 0 heterocycles. The van der Waals surface area contributed by atoms with Gasteiger partial charge < -0.3 is 21.6 Å². The summed E-state index contributed by atoms with van der Waals surface area (Å²) in [4.78, 5) is 22.8. The summed E-state index contributed by atoms with van der Waals surface area (Å²) in [5.41, 5.74) is 13.6. The molecule has 4 aromatic rings. The van der Waals surface area contributed by atoms with Gasteiger partial charge in [0.15, 0.2) is 9.84 Å². The lowest BCUT2D eigenvalue weighted by atomic mass is 9.95. The number of nitrogens with two attached hydrogens (primary N) is 2. The molecule has 10 nitrogen and oxygen atoms in total. The largest absolute Gasteiger partial charge is 0.479 e. The number of rotatable bonds is 9. The van der Waals surface area contributed by atoms with Crippen LogP contribution in [-0.2, 0) is 31.8 Å². The SMILES string of the molecule is N=C(N)c1ccc(CNC(=O)c2cccc3c(C(N)(C(=O)O)S(=O)(=O)Cc4ccccc4)cccc23)cc1.O. The molecule has 0 aliphatic carbocycles. The number of carboxylic acids is 1. The molecule has 9 N–H and O–H groups in total. The summed E-state index contributed by atoms with van der Waals surface area (Å²) in [6.07, 6.45) is 0. The molecule has 0 fully saturated rings. The van der Waals surface area contributed by atoms with Crippen LogP contribution in [0.15, 0.2) is 91.0 Å². The number of hydrogen-bond acceptors (Lipinski definition) is 6. The van der Waals surface area contributed by atoms with Crippen LogP contribution in [-0.4, -0.2) is 36.7 Å². The Morgan fingerprint density at radius 3 is 2.08 bits per heavy atom. The van der Waals surface area contributed by atoms with Crippen molar-refractivity contribution in [1.29, 1.82) is 5.41 Å². The average molecular weight is 549 g/mol. The fraction of sp³-hybridized carbons (Fsp3) is 0.107. The van der Waals surface area contributed by atoms with Crippen LogP contribution in [0.3, 0.4) is 0 Å². The van der Waals surface area contributed by atoms with E-state index in [0.717, 1.165) is 5.56 Å². The quantitative estimate of drug-likeness (QED) is 0.155. The van der Waals surface area contributed by atoms with Crippen molar-refractivity contribution in [3.05, 3.63) is 119 Å². The third kappa shape index (κ3) is 5.65. The number of amidine groups is 1. The van der Waals surface area contributed by atoms with E-state index in [4.69, 9.17) is 16.9 Å². The summed E-state index contributed by atoms with van der Waals surface area (Å²) in [5.74, 6) is -2.79. The number of nitrogen functional groups attached to an aromatic ring is 1. The number of carboxylic acid groups (broad SMARTS) is 1. The molecular formula is C28H28N4O6S. The fourth-order valence-electron chi connectivity index (χ4n) is 4.23. The molecule has 0 aliphatic heterocycles. The molecule has 0 radical (unpaired) electrons. The normalized spacial score (nSPS) is 12.6. The van der Waals surface area contributed by atoms with E-state index in [-0.39, 0.29) is 34.4 Å². The van der Waals surface area contributed by atoms with E-state index >= 15 is 0 Å². The first-order chi connectivity index (χ1) is 18.0. The highest BCUT2D eigenvalue weighted by Gasteiger charge is 2.50. The zero-order valence-corrected chi connectivity index (χ0v) is 21.5. The molecule has 11 heteroatoms. The lowest BCUT2D eigenvalue weighted by Gasteiger charge is -2.27. The number of sulfone groups is 1. The first-order valence-corrected chi connectivity index (χ1v) is 13.2. The van der Waals surface area contributed by atoms with Gasteiger partial charge in [0.2, 0.25) is 4.87 Å². The zero-order valence-electron chi connectivity index (χ0n) is 20.7. The Labute approximate surface area is 225 Å². The molecule has 1 atom stereocenters. The Bertz CT molecular complexity index is 1640. The summed E-state index contributed by atoms with van der Waals surface area (Å²) in [7, 11) is -4.45. The van der Waals surface area contributed by atoms with Gasteiger partial charge in [0.05, 0.1) is 5.75 Å². The maximum atomic E-state index is 13.4. The number of amides is 1. The fourth-order valence-corrected chi connectivity index (χ4v) is 5.87. The van der Waals surface area contributed by atoms with E-state index in [1.807, 2.05) is 0 Å². The number of aliphatic carboxylic acids is 1. The van der Waals surface area contributed by atoms with Crippen molar-refractivity contribution in [2.24, 2.45) is 11.5 Å². The summed E-state index contributed by atoms with van der Waals surface area (Å²) in [5, 5.41) is 21.0. The van der Waals surface area contributed by atoms with E-state index < -0.39 is 32.3 Å². The highest BCUT2D eigenvalue weighted by Crippen LogP contribution is 2.35. The number of benzene rings is 4. The number of fused-ring (bicyclic) bond motifs is 1. The highest BCUT2D eigenvalue weighted by molar-refractivity contribution is 7.92. The van der Waals surface area contributed by atoms with Crippen LogP contribution in [0.25, 0.3) is 10.8 Å². The Morgan fingerprint density at radius 2 is 1.46 bits per heavy atom. The van der Waals surface area contributed by atoms with Crippen molar-refractivity contribution in [3.8, 4) is 0 Å². The van der Waals surface area contributed by atoms with Crippen LogP contribution in [0.4, 0.5) is 0 Å². The van der Waals surface area contributed by atoms with Gasteiger partial charge in [0.25, 0.3) is 5.91 Å². The molecule has 202 valence electrons. The number of carbonyl (C=O) groups excluding carboxylic acids is 1. The Kier molecular flexibility index (Phi) is 8.50. The Hall–Kier alpha value is -4.58. The van der Waals surface area contributed by atoms with Gasteiger partial charge in [-0.15, -0.1) is 0 Å². The molecule has 1 unspecified atom stereocenters. The predicted octanol–water partition coefficient (Wildman–Crippen LogP) is 2.04. The van der Waals surface area contributed by atoms with Crippen LogP contribution in [0.1, 0.15) is 32.6 Å². The van der Waals surface area contributed by atoms with E-state index in [1.54, 1.807) is 78.9 Å². The third-order valence-electron chi connectivity index (χ3n) is 6.29. The van der Waals surface area contributed by atoms with Gasteiger partial charge in [-0.3, -0.25) is 15.9 Å². The highest BCUT2D eigenvalue weighted by atomic mass is 32.2. The number of hydrogen-bond donors (Lipinski definition) is 5. The molecule has 0 aliphatic rings. The van der Waals surface area contributed by atoms with Gasteiger partial charge in [-0.05, 0) is 28.0 Å². The second-order valence-corrected chi connectivity index (χ2v) is 10.9. The summed E-state index contributed by atoms with van der Waals surface area (Å²) >= 11 is 0. The third-order valence-corrected chi connectivity index (χ3v) is 8.38. The van der Waals surface area contributed by atoms with Crippen molar-refractivity contribution in [2.45, 2.75) is 17.2 Å². The topological polar surface area (TPSA) is 208 Å². The molecule has 0 saturated heterocycles. The van der Waals surface area contributed by atoms with Crippen molar-refractivity contribution in [2.75, 3.05) is 0 Å². The van der Waals surface area contributed by atoms with Crippen molar-refractivity contribution in [3.63, 3.8) is 0 Å². The second kappa shape index (κ2) is 11.4. The molecule has 0 bridgehead atoms. The van der Waals surface area contributed by atoms with Gasteiger partial charge in [0, 0.05) is 23.2 Å². The summed E-state index contributed by atoms with van der Waals surface area (Å²) in [6.45, 7) is 0.189. The first kappa shape index (κ1) is 29.0. The van der Waals surface area contributed by atoms with E-state index in [9.17, 15) is 23.1 Å². The average Bonchev–Trinajstić information content (AvgIpc) is 2.90. The van der Waals surface area contributed by atoms with Gasteiger partial charge in [-0.2, -0.15) is 0 Å². The maximum Gasteiger partial charge on any atom is 0.344 e. The summed E-state index contributed by atoms with van der Waals surface area (Å²) in [6, 6.07) is 24.2. The lowest BCUT2D eigenvalue weighted by Crippen LogP contribution is -2.52. The Balaban J connectivity index is 0.00000420. The number of carbonyl (C=O) groups is 2. The number of nitrogens with one attached hydrogen (secondary N) is 2. The van der Waals surface area contributed by atoms with Crippen LogP contribution < -0.4 is 16.8 Å². The van der Waals surface area contributed by atoms with Gasteiger partial charge in [0.1, 0.15) is 5.84 Å². The first-order valence-electron chi connectivity index (χ1n) is 11.6. The van der Waals surface area contributed by atoms with Crippen molar-refractivity contribution in [1.82, 2.24) is 5.32 Å². The van der Waals surface area contributed by atoms with E-state index in [1.165, 1.54) is 12.1 Å².